The second kappa shape index (κ2) is 6.02. The molecule has 6 nitrogen and oxygen atoms in total. The molecule has 6 heteroatoms. The van der Waals surface area contributed by atoms with Crippen molar-refractivity contribution in [3.8, 4) is 0 Å². The molecule has 3 rings (SSSR count). The van der Waals surface area contributed by atoms with Gasteiger partial charge in [0.25, 0.3) is 0 Å². The fraction of sp³-hybridized carbons (Fsp3) is 0.471. The number of rotatable bonds is 4. The maximum atomic E-state index is 12.4. The van der Waals surface area contributed by atoms with Crippen LogP contribution in [0, 0.1) is 6.92 Å². The van der Waals surface area contributed by atoms with Crippen LogP contribution in [0.4, 0.5) is 0 Å². The molecule has 0 bridgehead atoms. The normalized spacial score (nSPS) is 19.0. The van der Waals surface area contributed by atoms with E-state index in [0.29, 0.717) is 13.1 Å². The number of imidazole rings is 1. The Bertz CT molecular complexity index is 752. The number of aromatic nitrogens is 2. The van der Waals surface area contributed by atoms with Crippen molar-refractivity contribution in [2.24, 2.45) is 0 Å². The third kappa shape index (κ3) is 2.81. The van der Waals surface area contributed by atoms with Gasteiger partial charge in [-0.15, -0.1) is 0 Å². The quantitative estimate of drug-likeness (QED) is 0.861. The van der Waals surface area contributed by atoms with E-state index in [0.717, 1.165) is 23.3 Å². The fourth-order valence-electron chi connectivity index (χ4n) is 3.08. The number of carbonyl (C=O) groups is 2. The zero-order valence-electron chi connectivity index (χ0n) is 13.8. The molecule has 3 heterocycles. The monoisotopic (exact) mass is 314 g/mol. The van der Waals surface area contributed by atoms with Gasteiger partial charge in [0, 0.05) is 18.9 Å². The molecular weight excluding hydrogens is 292 g/mol. The molecule has 2 amide bonds. The van der Waals surface area contributed by atoms with Gasteiger partial charge in [-0.25, -0.2) is 4.98 Å². The van der Waals surface area contributed by atoms with Crippen LogP contribution < -0.4 is 0 Å². The van der Waals surface area contributed by atoms with Gasteiger partial charge in [-0.1, -0.05) is 13.0 Å². The minimum atomic E-state index is -0.436. The van der Waals surface area contributed by atoms with Crippen molar-refractivity contribution in [2.45, 2.75) is 39.8 Å². The lowest BCUT2D eigenvalue weighted by Gasteiger charge is -2.38. The second-order valence-electron chi connectivity index (χ2n) is 6.11. The lowest BCUT2D eigenvalue weighted by molar-refractivity contribution is -0.155. The first kappa shape index (κ1) is 15.5. The van der Waals surface area contributed by atoms with Crippen LogP contribution in [0.1, 0.15) is 31.5 Å². The molecule has 0 radical (unpaired) electrons. The van der Waals surface area contributed by atoms with E-state index in [2.05, 4.69) is 4.98 Å². The van der Waals surface area contributed by atoms with Gasteiger partial charge in [0.05, 0.1) is 18.8 Å². The first-order chi connectivity index (χ1) is 11.0. The number of amides is 2. The van der Waals surface area contributed by atoms with Crippen molar-refractivity contribution in [1.82, 2.24) is 19.2 Å². The van der Waals surface area contributed by atoms with Crippen molar-refractivity contribution >= 4 is 17.5 Å². The Hall–Kier alpha value is -2.37. The summed E-state index contributed by atoms with van der Waals surface area (Å²) in [5, 5.41) is 0. The van der Waals surface area contributed by atoms with Gasteiger partial charge in [0.1, 0.15) is 11.7 Å². The maximum Gasteiger partial charge on any atom is 0.245 e. The Morgan fingerprint density at radius 2 is 2.13 bits per heavy atom. The summed E-state index contributed by atoms with van der Waals surface area (Å²) in [4.78, 5) is 32.7. The largest absolute Gasteiger partial charge is 0.332 e. The van der Waals surface area contributed by atoms with Crippen LogP contribution in [0.15, 0.2) is 24.5 Å². The summed E-state index contributed by atoms with van der Waals surface area (Å²) in [5.41, 5.74) is 2.77. The molecule has 0 unspecified atom stereocenters. The van der Waals surface area contributed by atoms with Crippen molar-refractivity contribution in [3.63, 3.8) is 0 Å². The number of hydrogen-bond acceptors (Lipinski definition) is 3. The molecular formula is C17H22N4O2. The Balaban J connectivity index is 1.82. The molecule has 1 saturated heterocycles. The predicted molar refractivity (Wildman–Crippen MR) is 86.8 cm³/mol. The van der Waals surface area contributed by atoms with Crippen LogP contribution in [0.2, 0.25) is 0 Å². The number of nitrogens with zero attached hydrogens (tertiary/aromatic N) is 4. The Labute approximate surface area is 135 Å². The highest BCUT2D eigenvalue weighted by molar-refractivity contribution is 5.94. The molecule has 1 aliphatic rings. The van der Waals surface area contributed by atoms with Crippen LogP contribution in [0.25, 0.3) is 5.65 Å². The smallest absolute Gasteiger partial charge is 0.245 e. The highest BCUT2D eigenvalue weighted by Crippen LogP contribution is 2.17. The third-order valence-electron chi connectivity index (χ3n) is 4.34. The Morgan fingerprint density at radius 1 is 1.35 bits per heavy atom. The molecule has 2 aromatic heterocycles. The number of fused-ring (bicyclic) bond motifs is 1. The van der Waals surface area contributed by atoms with Gasteiger partial charge >= 0.3 is 0 Å². The average molecular weight is 314 g/mol. The Kier molecular flexibility index (Phi) is 4.07. The summed E-state index contributed by atoms with van der Waals surface area (Å²) in [6, 6.07) is 3.54. The average Bonchev–Trinajstić information content (AvgIpc) is 2.93. The van der Waals surface area contributed by atoms with Crippen LogP contribution in [-0.4, -0.2) is 50.1 Å². The summed E-state index contributed by atoms with van der Waals surface area (Å²) >= 11 is 0. The van der Waals surface area contributed by atoms with Crippen LogP contribution in [0.5, 0.6) is 0 Å². The zero-order chi connectivity index (χ0) is 16.6. The molecule has 1 aliphatic heterocycles. The summed E-state index contributed by atoms with van der Waals surface area (Å²) in [6.45, 7) is 6.98. The molecule has 1 atom stereocenters. The minimum absolute atomic E-state index is 0.0145. The van der Waals surface area contributed by atoms with Crippen LogP contribution in [-0.2, 0) is 16.1 Å². The SMILES string of the molecule is CCCN1CC(=O)N(Cc2cn3cccc(C)c3n2)[C@@H](C)C1=O. The molecule has 2 aromatic rings. The summed E-state index contributed by atoms with van der Waals surface area (Å²) in [6.07, 6.45) is 4.72. The highest BCUT2D eigenvalue weighted by atomic mass is 16.2. The van der Waals surface area contributed by atoms with Crippen molar-refractivity contribution in [1.29, 1.82) is 0 Å². The summed E-state index contributed by atoms with van der Waals surface area (Å²) < 4.78 is 1.95. The van der Waals surface area contributed by atoms with Gasteiger partial charge in [0.2, 0.25) is 11.8 Å². The molecule has 0 spiro atoms. The van der Waals surface area contributed by atoms with E-state index in [1.807, 2.05) is 42.8 Å². The molecule has 122 valence electrons. The number of piperazine rings is 1. The van der Waals surface area contributed by atoms with Crippen molar-refractivity contribution < 1.29 is 9.59 Å². The van der Waals surface area contributed by atoms with Crippen molar-refractivity contribution in [2.75, 3.05) is 13.1 Å². The fourth-order valence-corrected chi connectivity index (χ4v) is 3.08. The minimum Gasteiger partial charge on any atom is -0.332 e. The van der Waals surface area contributed by atoms with Crippen LogP contribution >= 0.6 is 0 Å². The standard InChI is InChI=1S/C17H22N4O2/c1-4-7-20-11-15(22)21(13(3)17(20)23)10-14-9-19-8-5-6-12(2)16(19)18-14/h5-6,8-9,13H,4,7,10-11H2,1-3H3/t13-/m0/s1. The lowest BCUT2D eigenvalue weighted by atomic mass is 10.1. The van der Waals surface area contributed by atoms with E-state index in [9.17, 15) is 9.59 Å². The van der Waals surface area contributed by atoms with E-state index in [-0.39, 0.29) is 18.4 Å². The maximum absolute atomic E-state index is 12.4. The first-order valence-electron chi connectivity index (χ1n) is 8.02. The summed E-state index contributed by atoms with van der Waals surface area (Å²) in [5.74, 6) is 0.00530. The Morgan fingerprint density at radius 3 is 2.83 bits per heavy atom. The predicted octanol–water partition coefficient (Wildman–Crippen LogP) is 1.61. The van der Waals surface area contributed by atoms with Gasteiger partial charge in [0.15, 0.2) is 0 Å². The topological polar surface area (TPSA) is 57.9 Å². The molecule has 0 N–H and O–H groups in total. The van der Waals surface area contributed by atoms with Gasteiger partial charge in [-0.3, -0.25) is 9.59 Å². The van der Waals surface area contributed by atoms with E-state index in [4.69, 9.17) is 0 Å². The van der Waals surface area contributed by atoms with Gasteiger partial charge in [-0.2, -0.15) is 0 Å². The van der Waals surface area contributed by atoms with Gasteiger partial charge in [-0.05, 0) is 31.9 Å². The molecule has 23 heavy (non-hydrogen) atoms. The number of aryl methyl sites for hydroxylation is 1. The molecule has 1 fully saturated rings. The van der Waals surface area contributed by atoms with Crippen molar-refractivity contribution in [3.05, 3.63) is 35.8 Å². The number of hydrogen-bond donors (Lipinski definition) is 0. The molecule has 0 aliphatic carbocycles. The number of carbonyl (C=O) groups excluding carboxylic acids is 2. The number of pyridine rings is 1. The van der Waals surface area contributed by atoms with E-state index >= 15 is 0 Å². The van der Waals surface area contributed by atoms with Crippen LogP contribution in [0.3, 0.4) is 0 Å². The lowest BCUT2D eigenvalue weighted by Crippen LogP contribution is -2.58. The van der Waals surface area contributed by atoms with E-state index < -0.39 is 6.04 Å². The van der Waals surface area contributed by atoms with E-state index in [1.54, 1.807) is 16.7 Å². The van der Waals surface area contributed by atoms with Gasteiger partial charge < -0.3 is 14.2 Å². The highest BCUT2D eigenvalue weighted by Gasteiger charge is 2.36. The third-order valence-corrected chi connectivity index (χ3v) is 4.34. The summed E-state index contributed by atoms with van der Waals surface area (Å²) in [7, 11) is 0. The molecule has 0 saturated carbocycles. The van der Waals surface area contributed by atoms with E-state index in [1.165, 1.54) is 0 Å². The molecule has 0 aromatic carbocycles. The second-order valence-corrected chi connectivity index (χ2v) is 6.11. The zero-order valence-corrected chi connectivity index (χ0v) is 13.8. The first-order valence-corrected chi connectivity index (χ1v) is 8.02.